The molecule has 0 spiro atoms. The third kappa shape index (κ3) is 2.95. The first-order valence-corrected chi connectivity index (χ1v) is 6.62. The molecule has 1 aliphatic heterocycles. The lowest BCUT2D eigenvalue weighted by Gasteiger charge is -2.38. The standard InChI is InChI=1S/C11H18N4OS/c1-8-6-14(2)3-4-15(8)10(16)5-9-7-17-11(12)13-9/h7-8H,3-6H2,1-2H3,(H2,12,13). The highest BCUT2D eigenvalue weighted by atomic mass is 32.1. The van der Waals surface area contributed by atoms with Gasteiger partial charge in [0.1, 0.15) is 0 Å². The van der Waals surface area contributed by atoms with E-state index in [2.05, 4.69) is 23.9 Å². The molecule has 1 unspecified atom stereocenters. The largest absolute Gasteiger partial charge is 0.375 e. The van der Waals surface area contributed by atoms with Gasteiger partial charge in [0.2, 0.25) is 5.91 Å². The lowest BCUT2D eigenvalue weighted by Crippen LogP contribution is -2.53. The first-order valence-electron chi connectivity index (χ1n) is 5.74. The van der Waals surface area contributed by atoms with Crippen LogP contribution in [0.5, 0.6) is 0 Å². The van der Waals surface area contributed by atoms with Crippen LogP contribution in [0.3, 0.4) is 0 Å². The van der Waals surface area contributed by atoms with E-state index in [0.717, 1.165) is 25.3 Å². The zero-order valence-electron chi connectivity index (χ0n) is 10.2. The van der Waals surface area contributed by atoms with Gasteiger partial charge in [0.05, 0.1) is 12.1 Å². The van der Waals surface area contributed by atoms with E-state index in [1.807, 2.05) is 10.3 Å². The van der Waals surface area contributed by atoms with Gasteiger partial charge in [-0.05, 0) is 14.0 Å². The van der Waals surface area contributed by atoms with Crippen LogP contribution in [0.25, 0.3) is 0 Å². The van der Waals surface area contributed by atoms with Gasteiger partial charge in [-0.25, -0.2) is 4.98 Å². The fraction of sp³-hybridized carbons (Fsp3) is 0.636. The Morgan fingerprint density at radius 2 is 2.41 bits per heavy atom. The number of likely N-dealkylation sites (N-methyl/N-ethyl adjacent to an activating group) is 1. The molecule has 0 aromatic carbocycles. The van der Waals surface area contributed by atoms with E-state index in [4.69, 9.17) is 5.73 Å². The summed E-state index contributed by atoms with van der Waals surface area (Å²) in [7, 11) is 2.08. The van der Waals surface area contributed by atoms with Crippen molar-refractivity contribution in [1.82, 2.24) is 14.8 Å². The van der Waals surface area contributed by atoms with Crippen LogP contribution in [0.1, 0.15) is 12.6 Å². The maximum absolute atomic E-state index is 12.1. The number of nitrogens with zero attached hydrogens (tertiary/aromatic N) is 3. The smallest absolute Gasteiger partial charge is 0.228 e. The fourth-order valence-corrected chi connectivity index (χ4v) is 2.73. The number of carbonyl (C=O) groups is 1. The number of nitrogens with two attached hydrogens (primary N) is 1. The third-order valence-corrected chi connectivity index (χ3v) is 3.78. The minimum Gasteiger partial charge on any atom is -0.375 e. The lowest BCUT2D eigenvalue weighted by molar-refractivity contribution is -0.134. The van der Waals surface area contributed by atoms with Crippen molar-refractivity contribution >= 4 is 22.4 Å². The number of piperazine rings is 1. The van der Waals surface area contributed by atoms with Gasteiger partial charge in [-0.3, -0.25) is 4.79 Å². The Morgan fingerprint density at radius 3 is 3.00 bits per heavy atom. The summed E-state index contributed by atoms with van der Waals surface area (Å²) in [6.07, 6.45) is 0.363. The van der Waals surface area contributed by atoms with Crippen LogP contribution >= 0.6 is 11.3 Å². The minimum atomic E-state index is 0.149. The van der Waals surface area contributed by atoms with Crippen molar-refractivity contribution in [2.75, 3.05) is 32.4 Å². The van der Waals surface area contributed by atoms with Crippen LogP contribution < -0.4 is 5.73 Å². The second-order valence-corrected chi connectivity index (χ2v) is 5.44. The minimum absolute atomic E-state index is 0.149. The highest BCUT2D eigenvalue weighted by Crippen LogP contribution is 2.14. The van der Waals surface area contributed by atoms with E-state index < -0.39 is 0 Å². The molecule has 2 N–H and O–H groups in total. The molecule has 94 valence electrons. The summed E-state index contributed by atoms with van der Waals surface area (Å²) in [5, 5.41) is 2.38. The molecule has 0 saturated carbocycles. The molecule has 1 atom stereocenters. The number of amides is 1. The van der Waals surface area contributed by atoms with Crippen molar-refractivity contribution < 1.29 is 4.79 Å². The third-order valence-electron chi connectivity index (χ3n) is 3.05. The maximum atomic E-state index is 12.1. The zero-order chi connectivity index (χ0) is 12.4. The molecule has 0 bridgehead atoms. The summed E-state index contributed by atoms with van der Waals surface area (Å²) in [6, 6.07) is 0.275. The average Bonchev–Trinajstić information content (AvgIpc) is 2.63. The van der Waals surface area contributed by atoms with Gasteiger partial charge in [-0.1, -0.05) is 0 Å². The number of hydrogen-bond donors (Lipinski definition) is 1. The van der Waals surface area contributed by atoms with E-state index in [-0.39, 0.29) is 11.9 Å². The van der Waals surface area contributed by atoms with Gasteiger partial charge in [-0.15, -0.1) is 11.3 Å². The number of thiazole rings is 1. The number of anilines is 1. The number of carbonyl (C=O) groups excluding carboxylic acids is 1. The summed E-state index contributed by atoms with van der Waals surface area (Å²) in [5.41, 5.74) is 6.34. The summed E-state index contributed by atoms with van der Waals surface area (Å²) in [4.78, 5) is 20.4. The van der Waals surface area contributed by atoms with Crippen LogP contribution in [0.2, 0.25) is 0 Å². The SMILES string of the molecule is CC1CN(C)CCN1C(=O)Cc1csc(N)n1. The van der Waals surface area contributed by atoms with Crippen LogP contribution in [-0.4, -0.2) is 53.4 Å². The second kappa shape index (κ2) is 5.01. The Balaban J connectivity index is 1.96. The first kappa shape index (κ1) is 12.3. The van der Waals surface area contributed by atoms with E-state index in [1.54, 1.807) is 0 Å². The van der Waals surface area contributed by atoms with E-state index in [0.29, 0.717) is 11.6 Å². The van der Waals surface area contributed by atoms with Gasteiger partial charge in [0, 0.05) is 31.1 Å². The summed E-state index contributed by atoms with van der Waals surface area (Å²) < 4.78 is 0. The molecule has 1 saturated heterocycles. The average molecular weight is 254 g/mol. The van der Waals surface area contributed by atoms with Crippen LogP contribution in [0, 0.1) is 0 Å². The van der Waals surface area contributed by atoms with Crippen molar-refractivity contribution in [2.45, 2.75) is 19.4 Å². The van der Waals surface area contributed by atoms with E-state index >= 15 is 0 Å². The molecule has 6 heteroatoms. The molecule has 1 aromatic heterocycles. The summed E-state index contributed by atoms with van der Waals surface area (Å²) in [5.74, 6) is 0.149. The normalized spacial score (nSPS) is 21.8. The number of aromatic nitrogens is 1. The predicted molar refractivity (Wildman–Crippen MR) is 68.9 cm³/mol. The molecule has 5 nitrogen and oxygen atoms in total. The highest BCUT2D eigenvalue weighted by Gasteiger charge is 2.25. The van der Waals surface area contributed by atoms with Gasteiger partial charge < -0.3 is 15.5 Å². The Labute approximate surface area is 105 Å². The Bertz CT molecular complexity index is 406. The van der Waals surface area contributed by atoms with Gasteiger partial charge >= 0.3 is 0 Å². The number of nitrogen functional groups attached to an aromatic ring is 1. The van der Waals surface area contributed by atoms with E-state index in [9.17, 15) is 4.79 Å². The molecule has 1 aliphatic rings. The Kier molecular flexibility index (Phi) is 3.63. The van der Waals surface area contributed by atoms with Crippen molar-refractivity contribution in [1.29, 1.82) is 0 Å². The van der Waals surface area contributed by atoms with Crippen molar-refractivity contribution in [3.63, 3.8) is 0 Å². The van der Waals surface area contributed by atoms with Crippen molar-refractivity contribution in [2.24, 2.45) is 0 Å². The molecular formula is C11H18N4OS. The fourth-order valence-electron chi connectivity index (χ4n) is 2.17. The first-order chi connectivity index (χ1) is 8.06. The van der Waals surface area contributed by atoms with Crippen molar-refractivity contribution in [3.05, 3.63) is 11.1 Å². The van der Waals surface area contributed by atoms with Gasteiger partial charge in [0.15, 0.2) is 5.13 Å². The van der Waals surface area contributed by atoms with Crippen LogP contribution in [0.4, 0.5) is 5.13 Å². The van der Waals surface area contributed by atoms with Gasteiger partial charge in [0.25, 0.3) is 0 Å². The van der Waals surface area contributed by atoms with Gasteiger partial charge in [-0.2, -0.15) is 0 Å². The van der Waals surface area contributed by atoms with Crippen LogP contribution in [0.15, 0.2) is 5.38 Å². The predicted octanol–water partition coefficient (Wildman–Crippen LogP) is 0.430. The molecule has 1 aromatic rings. The quantitative estimate of drug-likeness (QED) is 0.831. The lowest BCUT2D eigenvalue weighted by atomic mass is 10.1. The highest BCUT2D eigenvalue weighted by molar-refractivity contribution is 7.13. The molecule has 1 amide bonds. The van der Waals surface area contributed by atoms with Crippen molar-refractivity contribution in [3.8, 4) is 0 Å². The molecule has 0 aliphatic carbocycles. The Hall–Kier alpha value is -1.14. The molecule has 17 heavy (non-hydrogen) atoms. The molecule has 1 fully saturated rings. The van der Waals surface area contributed by atoms with Crippen LogP contribution in [-0.2, 0) is 11.2 Å². The molecular weight excluding hydrogens is 236 g/mol. The summed E-state index contributed by atoms with van der Waals surface area (Å²) >= 11 is 1.38. The van der Waals surface area contributed by atoms with E-state index in [1.165, 1.54) is 11.3 Å². The monoisotopic (exact) mass is 254 g/mol. The Morgan fingerprint density at radius 1 is 1.65 bits per heavy atom. The second-order valence-electron chi connectivity index (χ2n) is 4.55. The number of hydrogen-bond acceptors (Lipinski definition) is 5. The maximum Gasteiger partial charge on any atom is 0.228 e. The molecule has 2 rings (SSSR count). The molecule has 2 heterocycles. The topological polar surface area (TPSA) is 62.5 Å². The summed E-state index contributed by atoms with van der Waals surface area (Å²) in [6.45, 7) is 4.76. The number of rotatable bonds is 2. The zero-order valence-corrected chi connectivity index (χ0v) is 11.0. The molecule has 0 radical (unpaired) electrons.